The van der Waals surface area contributed by atoms with Crippen LogP contribution in [0, 0.1) is 11.3 Å². The van der Waals surface area contributed by atoms with Gasteiger partial charge in [0.05, 0.1) is 22.3 Å². The molecule has 0 aliphatic heterocycles. The summed E-state index contributed by atoms with van der Waals surface area (Å²) in [7, 11) is 3.98. The highest BCUT2D eigenvalue weighted by molar-refractivity contribution is 9.10. The van der Waals surface area contributed by atoms with Crippen molar-refractivity contribution in [2.45, 2.75) is 0 Å². The van der Waals surface area contributed by atoms with E-state index < -0.39 is 0 Å². The van der Waals surface area contributed by atoms with Gasteiger partial charge in [-0.3, -0.25) is 0 Å². The Hall–Kier alpha value is -2.58. The lowest BCUT2D eigenvalue weighted by Gasteiger charge is -2.14. The van der Waals surface area contributed by atoms with Crippen molar-refractivity contribution in [2.24, 2.45) is 0 Å². The van der Waals surface area contributed by atoms with E-state index in [0.29, 0.717) is 11.4 Å². The number of imidazole rings is 1. The van der Waals surface area contributed by atoms with Gasteiger partial charge in [0, 0.05) is 18.6 Å². The van der Waals surface area contributed by atoms with E-state index in [1.165, 1.54) is 0 Å². The first-order valence-corrected chi connectivity index (χ1v) is 7.91. The lowest BCUT2D eigenvalue weighted by Crippen LogP contribution is -2.09. The van der Waals surface area contributed by atoms with E-state index in [2.05, 4.69) is 32.0 Å². The van der Waals surface area contributed by atoms with Gasteiger partial charge in [0.1, 0.15) is 11.9 Å². The fraction of sp³-hybridized carbons (Fsp3) is 0.111. The highest BCUT2D eigenvalue weighted by atomic mass is 79.9. The SMILES string of the molecule is CN(C)c1ccc(/C=C(\C#N)c2nc3ccccc3[nH]2)cc1Br. The number of aromatic amines is 1. The molecule has 0 unspecified atom stereocenters. The summed E-state index contributed by atoms with van der Waals surface area (Å²) in [6, 6.07) is 16.0. The molecule has 114 valence electrons. The van der Waals surface area contributed by atoms with E-state index in [9.17, 15) is 5.26 Å². The van der Waals surface area contributed by atoms with Crippen molar-refractivity contribution in [2.75, 3.05) is 19.0 Å². The Labute approximate surface area is 143 Å². The van der Waals surface area contributed by atoms with Gasteiger partial charge in [0.15, 0.2) is 0 Å². The number of aromatic nitrogens is 2. The van der Waals surface area contributed by atoms with Gasteiger partial charge in [0.2, 0.25) is 0 Å². The van der Waals surface area contributed by atoms with Gasteiger partial charge in [-0.25, -0.2) is 4.98 Å². The zero-order valence-corrected chi connectivity index (χ0v) is 14.4. The van der Waals surface area contributed by atoms with Crippen molar-refractivity contribution in [3.05, 3.63) is 58.3 Å². The smallest absolute Gasteiger partial charge is 0.149 e. The van der Waals surface area contributed by atoms with Crippen LogP contribution < -0.4 is 4.90 Å². The molecule has 0 aliphatic rings. The summed E-state index contributed by atoms with van der Waals surface area (Å²) < 4.78 is 0.984. The van der Waals surface area contributed by atoms with Crippen molar-refractivity contribution >= 4 is 44.3 Å². The number of nitrogens with zero attached hydrogens (tertiary/aromatic N) is 3. The number of H-pyrrole nitrogens is 1. The average molecular weight is 367 g/mol. The molecule has 0 radical (unpaired) electrons. The highest BCUT2D eigenvalue weighted by Gasteiger charge is 2.08. The van der Waals surface area contributed by atoms with E-state index in [1.807, 2.05) is 67.5 Å². The zero-order chi connectivity index (χ0) is 16.4. The van der Waals surface area contributed by atoms with Crippen LogP contribution in [0.1, 0.15) is 11.4 Å². The highest BCUT2D eigenvalue weighted by Crippen LogP contribution is 2.27. The van der Waals surface area contributed by atoms with Gasteiger partial charge in [-0.1, -0.05) is 18.2 Å². The summed E-state index contributed by atoms with van der Waals surface area (Å²) in [6.07, 6.45) is 1.84. The minimum atomic E-state index is 0.505. The summed E-state index contributed by atoms with van der Waals surface area (Å²) in [4.78, 5) is 9.70. The van der Waals surface area contributed by atoms with E-state index in [-0.39, 0.29) is 0 Å². The third-order valence-corrected chi connectivity index (χ3v) is 4.16. The molecule has 0 amide bonds. The Morgan fingerprint density at radius 1 is 1.26 bits per heavy atom. The summed E-state index contributed by atoms with van der Waals surface area (Å²) in [5.41, 5.74) is 4.31. The largest absolute Gasteiger partial charge is 0.377 e. The first-order valence-electron chi connectivity index (χ1n) is 7.12. The molecule has 0 saturated carbocycles. The summed E-state index contributed by atoms with van der Waals surface area (Å²) in [5.74, 6) is 0.585. The van der Waals surface area contributed by atoms with Crippen LogP contribution in [0.25, 0.3) is 22.7 Å². The molecule has 1 heterocycles. The number of fused-ring (bicyclic) bond motifs is 1. The first-order chi connectivity index (χ1) is 11.1. The molecule has 3 rings (SSSR count). The second-order valence-corrected chi connectivity index (χ2v) is 6.23. The van der Waals surface area contributed by atoms with Crippen molar-refractivity contribution in [3.63, 3.8) is 0 Å². The third-order valence-electron chi connectivity index (χ3n) is 3.53. The summed E-state index contributed by atoms with van der Waals surface area (Å²) in [5, 5.41) is 9.48. The van der Waals surface area contributed by atoms with Crippen molar-refractivity contribution in [3.8, 4) is 6.07 Å². The molecule has 0 bridgehead atoms. The quantitative estimate of drug-likeness (QED) is 0.696. The average Bonchev–Trinajstić information content (AvgIpc) is 2.96. The zero-order valence-electron chi connectivity index (χ0n) is 12.8. The fourth-order valence-corrected chi connectivity index (χ4v) is 3.13. The molecule has 0 spiro atoms. The Morgan fingerprint density at radius 2 is 2.04 bits per heavy atom. The first kappa shape index (κ1) is 15.3. The molecular weight excluding hydrogens is 352 g/mol. The number of anilines is 1. The minimum absolute atomic E-state index is 0.505. The van der Waals surface area contributed by atoms with Gasteiger partial charge in [-0.2, -0.15) is 5.26 Å². The second-order valence-electron chi connectivity index (χ2n) is 5.38. The van der Waals surface area contributed by atoms with Crippen LogP contribution in [0.15, 0.2) is 46.9 Å². The molecule has 1 N–H and O–H groups in total. The van der Waals surface area contributed by atoms with E-state index in [0.717, 1.165) is 26.8 Å². The number of allylic oxidation sites excluding steroid dienone is 1. The number of benzene rings is 2. The monoisotopic (exact) mass is 366 g/mol. The molecule has 0 saturated heterocycles. The van der Waals surface area contributed by atoms with Gasteiger partial charge >= 0.3 is 0 Å². The predicted molar refractivity (Wildman–Crippen MR) is 98.0 cm³/mol. The molecule has 0 aliphatic carbocycles. The van der Waals surface area contributed by atoms with Crippen LogP contribution in [0.3, 0.4) is 0 Å². The molecule has 23 heavy (non-hydrogen) atoms. The van der Waals surface area contributed by atoms with Gasteiger partial charge in [0.25, 0.3) is 0 Å². The number of nitrogens with one attached hydrogen (secondary N) is 1. The number of hydrogen-bond donors (Lipinski definition) is 1. The Balaban J connectivity index is 2.02. The maximum absolute atomic E-state index is 9.48. The van der Waals surface area contributed by atoms with Crippen molar-refractivity contribution in [1.29, 1.82) is 5.26 Å². The van der Waals surface area contributed by atoms with E-state index in [4.69, 9.17) is 0 Å². The van der Waals surface area contributed by atoms with Crippen LogP contribution in [-0.2, 0) is 0 Å². The lowest BCUT2D eigenvalue weighted by molar-refractivity contribution is 1.12. The predicted octanol–water partition coefficient (Wildman–Crippen LogP) is 4.46. The Kier molecular flexibility index (Phi) is 4.18. The normalized spacial score (nSPS) is 11.5. The molecule has 1 aromatic heterocycles. The maximum Gasteiger partial charge on any atom is 0.149 e. The standard InChI is InChI=1S/C18H15BrN4/c1-23(2)17-8-7-12(10-14(17)19)9-13(11-20)18-21-15-5-3-4-6-16(15)22-18/h3-10H,1-2H3,(H,21,22)/b13-9+. The maximum atomic E-state index is 9.48. The lowest BCUT2D eigenvalue weighted by atomic mass is 10.1. The molecule has 0 fully saturated rings. The van der Waals surface area contributed by atoms with E-state index in [1.54, 1.807) is 0 Å². The van der Waals surface area contributed by atoms with Crippen LogP contribution in [0.5, 0.6) is 0 Å². The van der Waals surface area contributed by atoms with Crippen LogP contribution >= 0.6 is 15.9 Å². The molecule has 3 aromatic rings. The van der Waals surface area contributed by atoms with Crippen molar-refractivity contribution < 1.29 is 0 Å². The summed E-state index contributed by atoms with van der Waals surface area (Å²) in [6.45, 7) is 0. The fourth-order valence-electron chi connectivity index (χ4n) is 2.38. The van der Waals surface area contributed by atoms with Crippen LogP contribution in [0.4, 0.5) is 5.69 Å². The van der Waals surface area contributed by atoms with Gasteiger partial charge in [-0.05, 0) is 51.8 Å². The molecule has 2 aromatic carbocycles. The number of rotatable bonds is 3. The molecule has 4 nitrogen and oxygen atoms in total. The number of para-hydroxylation sites is 2. The minimum Gasteiger partial charge on any atom is -0.377 e. The van der Waals surface area contributed by atoms with Gasteiger partial charge in [-0.15, -0.1) is 0 Å². The molecule has 0 atom stereocenters. The summed E-state index contributed by atoms with van der Waals surface area (Å²) >= 11 is 3.57. The van der Waals surface area contributed by atoms with Crippen molar-refractivity contribution in [1.82, 2.24) is 9.97 Å². The number of nitriles is 1. The Bertz CT molecular complexity index is 899. The second kappa shape index (κ2) is 6.27. The topological polar surface area (TPSA) is 55.7 Å². The third kappa shape index (κ3) is 3.13. The van der Waals surface area contributed by atoms with Gasteiger partial charge < -0.3 is 9.88 Å². The molecule has 5 heteroatoms. The van der Waals surface area contributed by atoms with Crippen LogP contribution in [0.2, 0.25) is 0 Å². The van der Waals surface area contributed by atoms with Crippen LogP contribution in [-0.4, -0.2) is 24.1 Å². The molecular formula is C18H15BrN4. The Morgan fingerprint density at radius 3 is 2.70 bits per heavy atom. The number of hydrogen-bond acceptors (Lipinski definition) is 3. The number of halogens is 1. The van der Waals surface area contributed by atoms with E-state index >= 15 is 0 Å².